The number of nitrogens with zero attached hydrogens (tertiary/aromatic N) is 3. The van der Waals surface area contributed by atoms with Gasteiger partial charge in [0.05, 0.1) is 19.2 Å². The topological polar surface area (TPSA) is 63.7 Å². The van der Waals surface area contributed by atoms with Crippen LogP contribution in [-0.2, 0) is 4.74 Å². The maximum absolute atomic E-state index is 5.97. The van der Waals surface area contributed by atoms with Crippen molar-refractivity contribution in [2.75, 3.05) is 7.11 Å². The summed E-state index contributed by atoms with van der Waals surface area (Å²) in [5.41, 5.74) is 4.22. The van der Waals surface area contributed by atoms with Gasteiger partial charge in [-0.05, 0) is 30.7 Å². The average Bonchev–Trinajstić information content (AvgIpc) is 2.80. The number of hydrogen-bond acceptors (Lipinski definition) is 4. The van der Waals surface area contributed by atoms with Crippen molar-refractivity contribution < 1.29 is 4.74 Å². The van der Waals surface area contributed by atoms with E-state index in [1.165, 1.54) is 5.57 Å². The van der Waals surface area contributed by atoms with Crippen LogP contribution in [0.5, 0.6) is 0 Å². The third kappa shape index (κ3) is 2.32. The van der Waals surface area contributed by atoms with Crippen molar-refractivity contribution >= 4 is 28.3 Å². The first kappa shape index (κ1) is 12.9. The van der Waals surface area contributed by atoms with Gasteiger partial charge in [0.25, 0.3) is 0 Å². The van der Waals surface area contributed by atoms with E-state index in [4.69, 9.17) is 16.3 Å². The van der Waals surface area contributed by atoms with E-state index in [0.29, 0.717) is 5.65 Å². The van der Waals surface area contributed by atoms with Gasteiger partial charge in [-0.2, -0.15) is 4.98 Å². The third-order valence-electron chi connectivity index (χ3n) is 3.10. The highest BCUT2D eigenvalue weighted by Crippen LogP contribution is 2.27. The summed E-state index contributed by atoms with van der Waals surface area (Å²) < 4.78 is 5.32. The van der Waals surface area contributed by atoms with Gasteiger partial charge in [-0.25, -0.2) is 9.97 Å². The molecule has 0 atom stereocenters. The normalized spacial score (nSPS) is 15.4. The van der Waals surface area contributed by atoms with Crippen molar-refractivity contribution in [1.82, 2.24) is 19.9 Å². The molecule has 2 heterocycles. The fourth-order valence-electron chi connectivity index (χ4n) is 2.18. The Morgan fingerprint density at radius 2 is 2.15 bits per heavy atom. The molecule has 102 valence electrons. The molecule has 0 fully saturated rings. The number of aromatic nitrogens is 4. The highest BCUT2D eigenvalue weighted by molar-refractivity contribution is 6.28. The fraction of sp³-hybridized carbons (Fsp3) is 0.214. The molecule has 1 aliphatic carbocycles. The van der Waals surface area contributed by atoms with E-state index in [2.05, 4.69) is 32.9 Å². The molecule has 1 aliphatic rings. The van der Waals surface area contributed by atoms with Crippen molar-refractivity contribution in [3.63, 3.8) is 0 Å². The zero-order valence-electron chi connectivity index (χ0n) is 11.1. The summed E-state index contributed by atoms with van der Waals surface area (Å²) in [6.07, 6.45) is 8.35. The smallest absolute Gasteiger partial charge is 0.225 e. The molecular formula is C14H13ClN4O. The van der Waals surface area contributed by atoms with Gasteiger partial charge < -0.3 is 9.72 Å². The zero-order chi connectivity index (χ0) is 14.1. The van der Waals surface area contributed by atoms with Crippen LogP contribution in [0.2, 0.25) is 5.28 Å². The molecule has 3 rings (SSSR count). The predicted molar refractivity (Wildman–Crippen MR) is 78.1 cm³/mol. The molecule has 2 aromatic heterocycles. The Hall–Kier alpha value is -2.14. The van der Waals surface area contributed by atoms with Crippen LogP contribution < -0.4 is 0 Å². The molecule has 0 aliphatic heterocycles. The van der Waals surface area contributed by atoms with E-state index >= 15 is 0 Å². The summed E-state index contributed by atoms with van der Waals surface area (Å²) in [5.74, 6) is 0.912. The molecule has 0 saturated carbocycles. The number of hydrogen-bond donors (Lipinski definition) is 1. The summed E-state index contributed by atoms with van der Waals surface area (Å²) >= 11 is 5.97. The Labute approximate surface area is 121 Å². The first-order valence-electron chi connectivity index (χ1n) is 6.16. The van der Waals surface area contributed by atoms with Gasteiger partial charge in [-0.1, -0.05) is 11.6 Å². The molecule has 0 bridgehead atoms. The second kappa shape index (κ2) is 5.09. The fourth-order valence-corrected chi connectivity index (χ4v) is 2.35. The molecule has 6 heteroatoms. The van der Waals surface area contributed by atoms with Crippen molar-refractivity contribution in [2.45, 2.75) is 13.3 Å². The number of rotatable bonds is 2. The van der Waals surface area contributed by atoms with Crippen LogP contribution in [0.4, 0.5) is 0 Å². The van der Waals surface area contributed by atoms with E-state index in [9.17, 15) is 0 Å². The summed E-state index contributed by atoms with van der Waals surface area (Å²) in [7, 11) is 1.67. The first-order valence-corrected chi connectivity index (χ1v) is 6.54. The van der Waals surface area contributed by atoms with Gasteiger partial charge >= 0.3 is 0 Å². The maximum atomic E-state index is 5.97. The van der Waals surface area contributed by atoms with E-state index < -0.39 is 0 Å². The summed E-state index contributed by atoms with van der Waals surface area (Å²) in [4.78, 5) is 15.6. The van der Waals surface area contributed by atoms with Gasteiger partial charge in [0.15, 0.2) is 5.65 Å². The summed E-state index contributed by atoms with van der Waals surface area (Å²) in [6, 6.07) is 0. The van der Waals surface area contributed by atoms with Crippen LogP contribution in [-0.4, -0.2) is 27.0 Å². The number of allylic oxidation sites excluding steroid dienone is 5. The molecule has 0 unspecified atom stereocenters. The molecule has 0 radical (unpaired) electrons. The second-order valence-corrected chi connectivity index (χ2v) is 4.91. The molecule has 0 aromatic carbocycles. The molecule has 0 amide bonds. The minimum atomic E-state index is 0.187. The molecule has 5 nitrogen and oxygen atoms in total. The molecule has 0 spiro atoms. The van der Waals surface area contributed by atoms with Crippen molar-refractivity contribution in [3.8, 4) is 0 Å². The number of fused-ring (bicyclic) bond motifs is 1. The Balaban J connectivity index is 2.19. The number of aromatic amines is 1. The predicted octanol–water partition coefficient (Wildman–Crippen LogP) is 3.27. The number of methoxy groups -OCH3 is 1. The van der Waals surface area contributed by atoms with Crippen molar-refractivity contribution in [2.24, 2.45) is 0 Å². The number of nitrogens with one attached hydrogen (secondary N) is 1. The largest absolute Gasteiger partial charge is 0.501 e. The van der Waals surface area contributed by atoms with Gasteiger partial charge in [-0.3, -0.25) is 0 Å². The van der Waals surface area contributed by atoms with Crippen LogP contribution in [0.25, 0.3) is 16.7 Å². The monoisotopic (exact) mass is 288 g/mol. The molecule has 20 heavy (non-hydrogen) atoms. The van der Waals surface area contributed by atoms with Crippen molar-refractivity contribution in [3.05, 3.63) is 46.9 Å². The Kier molecular flexibility index (Phi) is 3.28. The van der Waals surface area contributed by atoms with Crippen LogP contribution in [0.3, 0.4) is 0 Å². The minimum Gasteiger partial charge on any atom is -0.501 e. The van der Waals surface area contributed by atoms with Gasteiger partial charge in [-0.15, -0.1) is 0 Å². The first-order chi connectivity index (χ1) is 9.67. The number of H-pyrrole nitrogens is 1. The van der Waals surface area contributed by atoms with E-state index in [1.807, 2.05) is 12.2 Å². The Morgan fingerprint density at radius 1 is 1.30 bits per heavy atom. The quantitative estimate of drug-likeness (QED) is 0.862. The number of imidazole rings is 1. The Morgan fingerprint density at radius 3 is 2.95 bits per heavy atom. The van der Waals surface area contributed by atoms with Crippen LogP contribution in [0, 0.1) is 0 Å². The minimum absolute atomic E-state index is 0.187. The average molecular weight is 289 g/mol. The lowest BCUT2D eigenvalue weighted by Gasteiger charge is -2.04. The highest BCUT2D eigenvalue weighted by atomic mass is 35.5. The number of ether oxygens (including phenoxy) is 1. The zero-order valence-corrected chi connectivity index (χ0v) is 11.9. The highest BCUT2D eigenvalue weighted by Gasteiger charge is 2.13. The lowest BCUT2D eigenvalue weighted by Crippen LogP contribution is -1.94. The van der Waals surface area contributed by atoms with Crippen LogP contribution >= 0.6 is 11.6 Å². The maximum Gasteiger partial charge on any atom is 0.225 e. The lowest BCUT2D eigenvalue weighted by atomic mass is 10.1. The van der Waals surface area contributed by atoms with E-state index in [0.717, 1.165) is 29.0 Å². The third-order valence-corrected chi connectivity index (χ3v) is 3.27. The number of halogens is 1. The lowest BCUT2D eigenvalue weighted by molar-refractivity contribution is 0.283. The van der Waals surface area contributed by atoms with Crippen LogP contribution in [0.15, 0.2) is 35.9 Å². The molecule has 0 saturated heterocycles. The SMILES string of the molecule is COC1=CC=C(c2nc(Cl)nc3nc[nH]c23)C=C(C)C1. The van der Waals surface area contributed by atoms with Gasteiger partial charge in [0.2, 0.25) is 5.28 Å². The molecule has 2 aromatic rings. The van der Waals surface area contributed by atoms with Gasteiger partial charge in [0.1, 0.15) is 11.2 Å². The molecule has 1 N–H and O–H groups in total. The standard InChI is InChI=1S/C14H13ClN4O/c1-8-5-9(3-4-10(6-8)20-2)11-12-13(17-7-16-12)19-14(15)18-11/h3-5,7H,6H2,1-2H3,(H,16,17,18,19). The van der Waals surface area contributed by atoms with Crippen LogP contribution in [0.1, 0.15) is 19.0 Å². The molecular weight excluding hydrogens is 276 g/mol. The summed E-state index contributed by atoms with van der Waals surface area (Å²) in [5, 5.41) is 0.187. The van der Waals surface area contributed by atoms with Crippen molar-refractivity contribution in [1.29, 1.82) is 0 Å². The Bertz CT molecular complexity index is 758. The van der Waals surface area contributed by atoms with Gasteiger partial charge in [0, 0.05) is 12.0 Å². The van der Waals surface area contributed by atoms with E-state index in [-0.39, 0.29) is 5.28 Å². The summed E-state index contributed by atoms with van der Waals surface area (Å²) in [6.45, 7) is 2.05. The second-order valence-electron chi connectivity index (χ2n) is 4.57. The van der Waals surface area contributed by atoms with E-state index in [1.54, 1.807) is 13.4 Å².